The van der Waals surface area contributed by atoms with E-state index in [-0.39, 0.29) is 42.3 Å². The number of amides is 1. The number of pyridine rings is 2. The highest BCUT2D eigenvalue weighted by molar-refractivity contribution is 5.98. The minimum Gasteiger partial charge on any atom is -0.472 e. The van der Waals surface area contributed by atoms with Gasteiger partial charge in [0.25, 0.3) is 5.91 Å². The van der Waals surface area contributed by atoms with Gasteiger partial charge in [-0.3, -0.25) is 14.7 Å². The molecule has 3 aromatic rings. The van der Waals surface area contributed by atoms with Crippen LogP contribution in [0.1, 0.15) is 29.8 Å². The molecule has 0 unspecified atom stereocenters. The van der Waals surface area contributed by atoms with E-state index in [1.54, 1.807) is 35.5 Å². The Balaban J connectivity index is 1.65. The number of hydrogen-bond donors (Lipinski definition) is 1. The zero-order valence-corrected chi connectivity index (χ0v) is 20.3. The number of benzene rings is 1. The molecule has 2 aromatic heterocycles. The number of carbonyl (C=O) groups excluding carboxylic acids is 1. The van der Waals surface area contributed by atoms with E-state index in [4.69, 9.17) is 4.74 Å². The van der Waals surface area contributed by atoms with Gasteiger partial charge in [0, 0.05) is 49.7 Å². The molecule has 0 radical (unpaired) electrons. The summed E-state index contributed by atoms with van der Waals surface area (Å²) in [6.07, 6.45) is 5.00. The molecule has 3 heterocycles. The van der Waals surface area contributed by atoms with Crippen LogP contribution in [0.2, 0.25) is 0 Å². The van der Waals surface area contributed by atoms with E-state index in [9.17, 15) is 14.3 Å². The van der Waals surface area contributed by atoms with Crippen LogP contribution in [0.5, 0.6) is 5.88 Å². The van der Waals surface area contributed by atoms with Gasteiger partial charge in [0.1, 0.15) is 17.5 Å². The van der Waals surface area contributed by atoms with Crippen molar-refractivity contribution in [1.29, 1.82) is 0 Å². The SMILES string of the molecule is C[C@H]1CN([C@@H](C)CO)C(=O)c2cc(-c3ccc(F)cc3)cnc2O[C@H]1CN(C)Cc1cccnc1. The number of aliphatic hydroxyl groups is 1. The first-order valence-electron chi connectivity index (χ1n) is 11.8. The second kappa shape index (κ2) is 10.9. The number of carbonyl (C=O) groups is 1. The zero-order chi connectivity index (χ0) is 24.9. The first-order chi connectivity index (χ1) is 16.9. The van der Waals surface area contributed by atoms with Crippen molar-refractivity contribution in [3.8, 4) is 17.0 Å². The van der Waals surface area contributed by atoms with Crippen LogP contribution in [0.15, 0.2) is 61.1 Å². The van der Waals surface area contributed by atoms with Crippen LogP contribution in [0, 0.1) is 11.7 Å². The summed E-state index contributed by atoms with van der Waals surface area (Å²) < 4.78 is 19.8. The maximum absolute atomic E-state index is 13.6. The Hall–Kier alpha value is -3.36. The highest BCUT2D eigenvalue weighted by atomic mass is 19.1. The molecule has 7 nitrogen and oxygen atoms in total. The monoisotopic (exact) mass is 478 g/mol. The van der Waals surface area contributed by atoms with Crippen LogP contribution in [0.25, 0.3) is 11.1 Å². The molecule has 184 valence electrons. The lowest BCUT2D eigenvalue weighted by Crippen LogP contribution is -2.49. The van der Waals surface area contributed by atoms with Crippen molar-refractivity contribution in [2.24, 2.45) is 5.92 Å². The van der Waals surface area contributed by atoms with Crippen molar-refractivity contribution in [2.75, 3.05) is 26.7 Å². The highest BCUT2D eigenvalue weighted by Gasteiger charge is 2.34. The fourth-order valence-electron chi connectivity index (χ4n) is 4.30. The molecule has 35 heavy (non-hydrogen) atoms. The molecule has 0 aliphatic carbocycles. The van der Waals surface area contributed by atoms with Crippen LogP contribution >= 0.6 is 0 Å². The van der Waals surface area contributed by atoms with Crippen LogP contribution < -0.4 is 4.74 Å². The Kier molecular flexibility index (Phi) is 7.73. The maximum atomic E-state index is 13.6. The summed E-state index contributed by atoms with van der Waals surface area (Å²) in [6, 6.07) is 11.4. The molecule has 0 saturated carbocycles. The highest BCUT2D eigenvalue weighted by Crippen LogP contribution is 2.30. The molecule has 1 aromatic carbocycles. The molecule has 0 bridgehead atoms. The Morgan fingerprint density at radius 2 is 2.00 bits per heavy atom. The number of nitrogens with zero attached hydrogens (tertiary/aromatic N) is 4. The summed E-state index contributed by atoms with van der Waals surface area (Å²) in [6.45, 7) is 5.49. The number of hydrogen-bond acceptors (Lipinski definition) is 6. The smallest absolute Gasteiger partial charge is 0.259 e. The quantitative estimate of drug-likeness (QED) is 0.559. The predicted octanol–water partition coefficient (Wildman–Crippen LogP) is 3.63. The van der Waals surface area contributed by atoms with Crippen molar-refractivity contribution >= 4 is 5.91 Å². The molecule has 0 spiro atoms. The van der Waals surface area contributed by atoms with E-state index in [2.05, 4.69) is 14.9 Å². The van der Waals surface area contributed by atoms with E-state index >= 15 is 0 Å². The fourth-order valence-corrected chi connectivity index (χ4v) is 4.30. The first-order valence-corrected chi connectivity index (χ1v) is 11.8. The Bertz CT molecular complexity index is 1140. The molecule has 8 heteroatoms. The lowest BCUT2D eigenvalue weighted by atomic mass is 9.99. The van der Waals surface area contributed by atoms with Crippen LogP contribution in [-0.4, -0.2) is 69.7 Å². The number of fused-ring (bicyclic) bond motifs is 1. The van der Waals surface area contributed by atoms with E-state index in [1.807, 2.05) is 39.2 Å². The summed E-state index contributed by atoms with van der Waals surface area (Å²) in [5, 5.41) is 9.84. The van der Waals surface area contributed by atoms with Gasteiger partial charge in [-0.1, -0.05) is 25.1 Å². The first kappa shape index (κ1) is 24.8. The van der Waals surface area contributed by atoms with E-state index in [1.165, 1.54) is 12.1 Å². The normalized spacial score (nSPS) is 19.0. The van der Waals surface area contributed by atoms with Gasteiger partial charge in [-0.05, 0) is 49.4 Å². The van der Waals surface area contributed by atoms with Crippen molar-refractivity contribution in [2.45, 2.75) is 32.5 Å². The van der Waals surface area contributed by atoms with Gasteiger partial charge in [0.15, 0.2) is 0 Å². The van der Waals surface area contributed by atoms with Gasteiger partial charge in [-0.15, -0.1) is 0 Å². The molecule has 3 atom stereocenters. The van der Waals surface area contributed by atoms with Crippen molar-refractivity contribution in [3.05, 3.63) is 78.0 Å². The van der Waals surface area contributed by atoms with Crippen LogP contribution in [-0.2, 0) is 6.54 Å². The Morgan fingerprint density at radius 1 is 1.23 bits per heavy atom. The van der Waals surface area contributed by atoms with Gasteiger partial charge in [-0.25, -0.2) is 9.37 Å². The third kappa shape index (κ3) is 5.83. The van der Waals surface area contributed by atoms with Crippen LogP contribution in [0.3, 0.4) is 0 Å². The average molecular weight is 479 g/mol. The number of rotatable bonds is 7. The topological polar surface area (TPSA) is 78.8 Å². The van der Waals surface area contributed by atoms with Crippen molar-refractivity contribution < 1.29 is 19.0 Å². The predicted molar refractivity (Wildman–Crippen MR) is 131 cm³/mol. The summed E-state index contributed by atoms with van der Waals surface area (Å²) in [5.41, 5.74) is 2.87. The van der Waals surface area contributed by atoms with Gasteiger partial charge in [0.2, 0.25) is 5.88 Å². The zero-order valence-electron chi connectivity index (χ0n) is 20.3. The summed E-state index contributed by atoms with van der Waals surface area (Å²) in [5.74, 6) is -0.312. The largest absolute Gasteiger partial charge is 0.472 e. The van der Waals surface area contributed by atoms with E-state index in [0.717, 1.165) is 11.1 Å². The molecule has 1 aliphatic heterocycles. The number of aromatic nitrogens is 2. The van der Waals surface area contributed by atoms with Crippen LogP contribution in [0.4, 0.5) is 4.39 Å². The number of likely N-dealkylation sites (N-methyl/N-ethyl adjacent to an activating group) is 1. The Morgan fingerprint density at radius 3 is 2.69 bits per heavy atom. The number of halogens is 1. The van der Waals surface area contributed by atoms with Gasteiger partial charge in [0.05, 0.1) is 12.6 Å². The molecule has 0 fully saturated rings. The standard InChI is InChI=1S/C27H31FN4O3/c1-18-14-32(19(2)17-33)27(34)24-11-22(21-6-8-23(28)9-7-21)13-30-26(24)35-25(18)16-31(3)15-20-5-4-10-29-12-20/h4-13,18-19,25,33H,14-17H2,1-3H3/t18-,19-,25-/m0/s1. The second-order valence-corrected chi connectivity index (χ2v) is 9.26. The van der Waals surface area contributed by atoms with Crippen molar-refractivity contribution in [3.63, 3.8) is 0 Å². The number of aliphatic hydroxyl groups excluding tert-OH is 1. The molecule has 4 rings (SSSR count). The molecule has 1 N–H and O–H groups in total. The van der Waals surface area contributed by atoms with E-state index < -0.39 is 0 Å². The molecule has 0 saturated heterocycles. The Labute approximate surface area is 205 Å². The summed E-state index contributed by atoms with van der Waals surface area (Å²) in [4.78, 5) is 26.1. The fraction of sp³-hybridized carbons (Fsp3) is 0.370. The lowest BCUT2D eigenvalue weighted by molar-refractivity contribution is 0.0325. The van der Waals surface area contributed by atoms with Crippen molar-refractivity contribution in [1.82, 2.24) is 19.8 Å². The summed E-state index contributed by atoms with van der Waals surface area (Å²) >= 11 is 0. The van der Waals surface area contributed by atoms with Gasteiger partial charge >= 0.3 is 0 Å². The minimum atomic E-state index is -0.362. The molecule has 1 aliphatic rings. The van der Waals surface area contributed by atoms with E-state index in [0.29, 0.717) is 30.8 Å². The third-order valence-corrected chi connectivity index (χ3v) is 6.37. The summed E-state index contributed by atoms with van der Waals surface area (Å²) in [7, 11) is 2.02. The van der Waals surface area contributed by atoms with Gasteiger partial charge in [-0.2, -0.15) is 0 Å². The third-order valence-electron chi connectivity index (χ3n) is 6.37. The minimum absolute atomic E-state index is 0.00368. The second-order valence-electron chi connectivity index (χ2n) is 9.26. The maximum Gasteiger partial charge on any atom is 0.259 e. The average Bonchev–Trinajstić information content (AvgIpc) is 2.86. The lowest BCUT2D eigenvalue weighted by Gasteiger charge is -2.37. The molecular formula is C27H31FN4O3. The van der Waals surface area contributed by atoms with Gasteiger partial charge < -0.3 is 14.7 Å². The molecule has 1 amide bonds. The number of ether oxygens (including phenoxy) is 1. The molecular weight excluding hydrogens is 447 g/mol.